The molecule has 0 aromatic heterocycles. The van der Waals surface area contributed by atoms with E-state index in [1.165, 1.54) is 28.8 Å². The highest BCUT2D eigenvalue weighted by Crippen LogP contribution is 2.28. The van der Waals surface area contributed by atoms with E-state index in [-0.39, 0.29) is 23.9 Å². The number of thioether (sulfide) groups is 1. The Bertz CT molecular complexity index is 860. The van der Waals surface area contributed by atoms with Gasteiger partial charge in [-0.25, -0.2) is 12.8 Å². The second kappa shape index (κ2) is 6.57. The lowest BCUT2D eigenvalue weighted by molar-refractivity contribution is 0.0655. The van der Waals surface area contributed by atoms with Gasteiger partial charge in [0.15, 0.2) is 9.84 Å². The number of likely N-dealkylation sites (tertiary alicyclic amines) is 1. The molecule has 0 spiro atoms. The summed E-state index contributed by atoms with van der Waals surface area (Å²) in [4.78, 5) is 15.0. The number of halogens is 1. The summed E-state index contributed by atoms with van der Waals surface area (Å²) in [7, 11) is -3.55. The Kier molecular flexibility index (Phi) is 4.64. The summed E-state index contributed by atoms with van der Waals surface area (Å²) in [5, 5.41) is -0.645. The normalized spacial score (nSPS) is 15.2. The number of amides is 1. The maximum atomic E-state index is 12.9. The van der Waals surface area contributed by atoms with Crippen molar-refractivity contribution in [2.24, 2.45) is 0 Å². The van der Waals surface area contributed by atoms with Crippen molar-refractivity contribution in [1.82, 2.24) is 4.90 Å². The number of carbonyl (C=O) groups is 1. The Morgan fingerprint density at radius 3 is 2.38 bits per heavy atom. The Morgan fingerprint density at radius 1 is 1.12 bits per heavy atom. The largest absolute Gasteiger partial charge is 0.336 e. The van der Waals surface area contributed by atoms with Gasteiger partial charge in [-0.15, -0.1) is 11.8 Å². The molecule has 2 aromatic carbocycles. The van der Waals surface area contributed by atoms with E-state index in [2.05, 4.69) is 0 Å². The van der Waals surface area contributed by atoms with Gasteiger partial charge < -0.3 is 4.90 Å². The van der Waals surface area contributed by atoms with Gasteiger partial charge in [-0.1, -0.05) is 12.1 Å². The van der Waals surface area contributed by atoms with Crippen LogP contribution in [0.5, 0.6) is 0 Å². The number of nitrogens with zero attached hydrogens (tertiary/aromatic N) is 1. The average molecular weight is 365 g/mol. The summed E-state index contributed by atoms with van der Waals surface area (Å²) >= 11 is 1.48. The Morgan fingerprint density at radius 2 is 1.75 bits per heavy atom. The Labute approximate surface area is 144 Å². The third-order valence-corrected chi connectivity index (χ3v) is 6.95. The van der Waals surface area contributed by atoms with Gasteiger partial charge in [0.2, 0.25) is 0 Å². The standard InChI is InChI=1S/C17H16FNO3S2/c1-23-16-5-3-2-4-15(16)17(20)19-10-14(11-19)24(21,22)13-8-6-12(18)7-9-13/h2-9,14H,10-11H2,1H3. The molecule has 4 nitrogen and oxygen atoms in total. The van der Waals surface area contributed by atoms with E-state index in [0.29, 0.717) is 5.56 Å². The van der Waals surface area contributed by atoms with Crippen LogP contribution in [0.25, 0.3) is 0 Å². The van der Waals surface area contributed by atoms with Gasteiger partial charge >= 0.3 is 0 Å². The van der Waals surface area contributed by atoms with Crippen LogP contribution in [0.15, 0.2) is 58.3 Å². The molecule has 0 atom stereocenters. The van der Waals surface area contributed by atoms with Crippen LogP contribution in [0, 0.1) is 5.82 Å². The summed E-state index contributed by atoms with van der Waals surface area (Å²) in [6.07, 6.45) is 1.89. The van der Waals surface area contributed by atoms with Crippen LogP contribution in [0.3, 0.4) is 0 Å². The first-order chi connectivity index (χ1) is 11.4. The number of hydrogen-bond donors (Lipinski definition) is 0. The molecule has 0 bridgehead atoms. The minimum Gasteiger partial charge on any atom is -0.336 e. The minimum absolute atomic E-state index is 0.0884. The molecule has 1 fully saturated rings. The number of benzene rings is 2. The van der Waals surface area contributed by atoms with Crippen molar-refractivity contribution in [3.8, 4) is 0 Å². The molecule has 2 aromatic rings. The molecule has 1 heterocycles. The lowest BCUT2D eigenvalue weighted by Crippen LogP contribution is -2.56. The third kappa shape index (κ3) is 3.06. The molecule has 24 heavy (non-hydrogen) atoms. The smallest absolute Gasteiger partial charge is 0.255 e. The molecule has 0 aliphatic carbocycles. The maximum absolute atomic E-state index is 12.9. The van der Waals surface area contributed by atoms with Gasteiger partial charge in [0, 0.05) is 18.0 Å². The van der Waals surface area contributed by atoms with Gasteiger partial charge in [0.25, 0.3) is 5.91 Å². The molecule has 3 rings (SSSR count). The van der Waals surface area contributed by atoms with Crippen molar-refractivity contribution >= 4 is 27.5 Å². The summed E-state index contributed by atoms with van der Waals surface area (Å²) < 4.78 is 37.9. The second-order valence-electron chi connectivity index (χ2n) is 5.53. The number of hydrogen-bond acceptors (Lipinski definition) is 4. The first kappa shape index (κ1) is 17.0. The lowest BCUT2D eigenvalue weighted by atomic mass is 10.1. The van der Waals surface area contributed by atoms with Gasteiger partial charge in [0.05, 0.1) is 10.5 Å². The predicted molar refractivity (Wildman–Crippen MR) is 91.5 cm³/mol. The van der Waals surface area contributed by atoms with Gasteiger partial charge in [-0.05, 0) is 42.7 Å². The highest BCUT2D eigenvalue weighted by molar-refractivity contribution is 7.98. The SMILES string of the molecule is CSc1ccccc1C(=O)N1CC(S(=O)(=O)c2ccc(F)cc2)C1. The van der Waals surface area contributed by atoms with Crippen molar-refractivity contribution in [2.75, 3.05) is 19.3 Å². The molecule has 0 N–H and O–H groups in total. The van der Waals surface area contributed by atoms with Crippen molar-refractivity contribution in [3.63, 3.8) is 0 Å². The van der Waals surface area contributed by atoms with Crippen molar-refractivity contribution < 1.29 is 17.6 Å². The van der Waals surface area contributed by atoms with Gasteiger partial charge in [-0.3, -0.25) is 4.79 Å². The molecule has 0 radical (unpaired) electrons. The highest BCUT2D eigenvalue weighted by Gasteiger charge is 2.41. The average Bonchev–Trinajstić information content (AvgIpc) is 2.53. The maximum Gasteiger partial charge on any atom is 0.255 e. The Balaban J connectivity index is 1.73. The summed E-state index contributed by atoms with van der Waals surface area (Å²) in [6.45, 7) is 0.308. The fourth-order valence-corrected chi connectivity index (χ4v) is 4.85. The molecule has 0 saturated carbocycles. The highest BCUT2D eigenvalue weighted by atomic mass is 32.2. The van der Waals surface area contributed by atoms with Crippen LogP contribution >= 0.6 is 11.8 Å². The van der Waals surface area contributed by atoms with Crippen molar-refractivity contribution in [3.05, 3.63) is 59.9 Å². The molecule has 1 aliphatic rings. The number of rotatable bonds is 4. The van der Waals surface area contributed by atoms with E-state index in [1.807, 2.05) is 18.4 Å². The van der Waals surface area contributed by atoms with Crippen LogP contribution in [-0.2, 0) is 9.84 Å². The summed E-state index contributed by atoms with van der Waals surface area (Å²) in [5.74, 6) is -0.640. The van der Waals surface area contributed by atoms with E-state index in [1.54, 1.807) is 12.1 Å². The van der Waals surface area contributed by atoms with E-state index in [9.17, 15) is 17.6 Å². The minimum atomic E-state index is -3.55. The molecular formula is C17H16FNO3S2. The molecule has 1 saturated heterocycles. The van der Waals surface area contributed by atoms with Gasteiger partial charge in [0.1, 0.15) is 11.1 Å². The van der Waals surface area contributed by atoms with Crippen LogP contribution in [0.1, 0.15) is 10.4 Å². The summed E-state index contributed by atoms with van der Waals surface area (Å²) in [5.41, 5.74) is 0.586. The zero-order chi connectivity index (χ0) is 17.3. The van der Waals surface area contributed by atoms with E-state index in [0.717, 1.165) is 17.0 Å². The van der Waals surface area contributed by atoms with Crippen LogP contribution in [0.2, 0.25) is 0 Å². The molecule has 0 unspecified atom stereocenters. The molecule has 7 heteroatoms. The third-order valence-electron chi connectivity index (χ3n) is 4.05. The van der Waals surface area contributed by atoms with E-state index in [4.69, 9.17) is 0 Å². The van der Waals surface area contributed by atoms with Crippen LogP contribution < -0.4 is 0 Å². The van der Waals surface area contributed by atoms with Crippen LogP contribution in [0.4, 0.5) is 4.39 Å². The second-order valence-corrected chi connectivity index (χ2v) is 8.61. The monoisotopic (exact) mass is 365 g/mol. The van der Waals surface area contributed by atoms with Crippen LogP contribution in [-0.4, -0.2) is 43.8 Å². The van der Waals surface area contributed by atoms with E-state index >= 15 is 0 Å². The fraction of sp³-hybridized carbons (Fsp3) is 0.235. The van der Waals surface area contributed by atoms with Crippen molar-refractivity contribution in [1.29, 1.82) is 0 Å². The van der Waals surface area contributed by atoms with Gasteiger partial charge in [-0.2, -0.15) is 0 Å². The predicted octanol–water partition coefficient (Wildman–Crippen LogP) is 2.85. The van der Waals surface area contributed by atoms with E-state index < -0.39 is 20.9 Å². The molecule has 1 amide bonds. The molecule has 1 aliphatic heterocycles. The quantitative estimate of drug-likeness (QED) is 0.618. The topological polar surface area (TPSA) is 54.5 Å². The Hall–Kier alpha value is -1.86. The first-order valence-electron chi connectivity index (χ1n) is 7.35. The number of sulfone groups is 1. The molecular weight excluding hydrogens is 349 g/mol. The molecule has 126 valence electrons. The first-order valence-corrected chi connectivity index (χ1v) is 10.1. The number of carbonyl (C=O) groups excluding carboxylic acids is 1. The zero-order valence-electron chi connectivity index (χ0n) is 13.0. The fourth-order valence-electron chi connectivity index (χ4n) is 2.61. The lowest BCUT2D eigenvalue weighted by Gasteiger charge is -2.38. The summed E-state index contributed by atoms with van der Waals surface area (Å²) in [6, 6.07) is 12.0. The van der Waals surface area contributed by atoms with Crippen molar-refractivity contribution in [2.45, 2.75) is 15.0 Å². The zero-order valence-corrected chi connectivity index (χ0v) is 14.6.